The molecule has 32 heavy (non-hydrogen) atoms. The highest BCUT2D eigenvalue weighted by Crippen LogP contribution is 2.29. The minimum atomic E-state index is 0.260. The second kappa shape index (κ2) is 9.51. The number of hydrogen-bond acceptors (Lipinski definition) is 5. The van der Waals surface area contributed by atoms with Crippen molar-refractivity contribution in [2.75, 3.05) is 46.4 Å². The van der Waals surface area contributed by atoms with Crippen LogP contribution in [0.5, 0.6) is 11.5 Å². The normalized spacial score (nSPS) is 18.8. The van der Waals surface area contributed by atoms with Crippen molar-refractivity contribution < 1.29 is 14.3 Å². The lowest BCUT2D eigenvalue weighted by Crippen LogP contribution is -2.50. The van der Waals surface area contributed by atoms with Crippen LogP contribution in [-0.4, -0.2) is 73.1 Å². The van der Waals surface area contributed by atoms with Gasteiger partial charge in [-0.2, -0.15) is 0 Å². The molecule has 2 aromatic carbocycles. The molecule has 0 unspecified atom stereocenters. The van der Waals surface area contributed by atoms with E-state index in [0.29, 0.717) is 19.1 Å². The van der Waals surface area contributed by atoms with Crippen molar-refractivity contribution in [2.45, 2.75) is 38.4 Å². The fourth-order valence-corrected chi connectivity index (χ4v) is 4.72. The van der Waals surface area contributed by atoms with Gasteiger partial charge in [-0.15, -0.1) is 0 Å². The Morgan fingerprint density at radius 3 is 2.47 bits per heavy atom. The molecule has 6 nitrogen and oxygen atoms in total. The van der Waals surface area contributed by atoms with E-state index < -0.39 is 0 Å². The van der Waals surface area contributed by atoms with Crippen molar-refractivity contribution >= 4 is 5.91 Å². The summed E-state index contributed by atoms with van der Waals surface area (Å²) in [5.41, 5.74) is 3.86. The number of nitrogens with zero attached hydrogens (tertiary/aromatic N) is 3. The molecule has 2 fully saturated rings. The number of carbonyl (C=O) groups is 1. The lowest BCUT2D eigenvalue weighted by molar-refractivity contribution is -0.134. The predicted octanol–water partition coefficient (Wildman–Crippen LogP) is 2.94. The number of benzene rings is 2. The first-order valence-electron chi connectivity index (χ1n) is 11.8. The summed E-state index contributed by atoms with van der Waals surface area (Å²) in [6.45, 7) is 6.89. The highest BCUT2D eigenvalue weighted by molar-refractivity contribution is 5.79. The van der Waals surface area contributed by atoms with Crippen molar-refractivity contribution in [1.29, 1.82) is 0 Å². The topological polar surface area (TPSA) is 45.2 Å². The predicted molar refractivity (Wildman–Crippen MR) is 124 cm³/mol. The molecular formula is C26H33N3O3. The molecule has 0 N–H and O–H groups in total. The fraction of sp³-hybridized carbons (Fsp3) is 0.500. The third-order valence-electron chi connectivity index (χ3n) is 6.80. The zero-order chi connectivity index (χ0) is 21.9. The molecule has 0 radical (unpaired) electrons. The number of amides is 1. The van der Waals surface area contributed by atoms with E-state index in [9.17, 15) is 4.79 Å². The summed E-state index contributed by atoms with van der Waals surface area (Å²) in [6.07, 6.45) is 3.27. The van der Waals surface area contributed by atoms with Crippen molar-refractivity contribution in [3.05, 3.63) is 59.2 Å². The van der Waals surface area contributed by atoms with E-state index in [1.165, 1.54) is 11.1 Å². The first-order valence-corrected chi connectivity index (χ1v) is 11.8. The Bertz CT molecular complexity index is 934. The molecule has 0 atom stereocenters. The SMILES string of the molecule is COc1ccc(CN(C(=O)CN2CCN(Cc3ccc4c(c3)CCO4)CC2)C2CC2)cc1. The third-order valence-corrected chi connectivity index (χ3v) is 6.80. The third kappa shape index (κ3) is 5.08. The maximum atomic E-state index is 13.1. The number of ether oxygens (including phenoxy) is 2. The van der Waals surface area contributed by atoms with Crippen LogP contribution in [0, 0.1) is 0 Å². The Balaban J connectivity index is 1.11. The maximum absolute atomic E-state index is 13.1. The van der Waals surface area contributed by atoms with Gasteiger partial charge in [0.1, 0.15) is 11.5 Å². The van der Waals surface area contributed by atoms with Crippen LogP contribution in [0.3, 0.4) is 0 Å². The number of piperazine rings is 1. The van der Waals surface area contributed by atoms with Gasteiger partial charge >= 0.3 is 0 Å². The second-order valence-electron chi connectivity index (χ2n) is 9.19. The molecule has 3 aliphatic rings. The number of methoxy groups -OCH3 is 1. The van der Waals surface area contributed by atoms with Crippen LogP contribution in [0.25, 0.3) is 0 Å². The molecule has 2 heterocycles. The number of fused-ring (bicyclic) bond motifs is 1. The lowest BCUT2D eigenvalue weighted by atomic mass is 10.1. The van der Waals surface area contributed by atoms with Gasteiger partial charge in [0, 0.05) is 51.7 Å². The molecule has 1 amide bonds. The van der Waals surface area contributed by atoms with Gasteiger partial charge in [0.2, 0.25) is 5.91 Å². The highest BCUT2D eigenvalue weighted by Gasteiger charge is 2.33. The molecule has 2 aromatic rings. The Morgan fingerprint density at radius 2 is 1.75 bits per heavy atom. The summed E-state index contributed by atoms with van der Waals surface area (Å²) in [7, 11) is 1.68. The van der Waals surface area contributed by atoms with Crippen LogP contribution in [0.2, 0.25) is 0 Å². The van der Waals surface area contributed by atoms with E-state index in [-0.39, 0.29) is 5.91 Å². The van der Waals surface area contributed by atoms with Gasteiger partial charge in [0.15, 0.2) is 0 Å². The van der Waals surface area contributed by atoms with Crippen LogP contribution >= 0.6 is 0 Å². The molecule has 1 saturated carbocycles. The average Bonchev–Trinajstić information content (AvgIpc) is 3.55. The van der Waals surface area contributed by atoms with Gasteiger partial charge in [-0.1, -0.05) is 24.3 Å². The molecule has 0 aromatic heterocycles. The largest absolute Gasteiger partial charge is 0.497 e. The van der Waals surface area contributed by atoms with E-state index in [0.717, 1.165) is 75.7 Å². The molecule has 1 saturated heterocycles. The molecule has 0 spiro atoms. The minimum absolute atomic E-state index is 0.260. The Kier molecular flexibility index (Phi) is 6.32. The first kappa shape index (κ1) is 21.3. The van der Waals surface area contributed by atoms with Gasteiger partial charge in [-0.05, 0) is 47.7 Å². The lowest BCUT2D eigenvalue weighted by Gasteiger charge is -2.35. The van der Waals surface area contributed by atoms with Crippen molar-refractivity contribution in [3.63, 3.8) is 0 Å². The Hall–Kier alpha value is -2.57. The van der Waals surface area contributed by atoms with Gasteiger partial charge in [-0.3, -0.25) is 14.6 Å². The first-order chi connectivity index (χ1) is 15.7. The van der Waals surface area contributed by atoms with Crippen LogP contribution < -0.4 is 9.47 Å². The summed E-state index contributed by atoms with van der Waals surface area (Å²) >= 11 is 0. The van der Waals surface area contributed by atoms with Gasteiger partial charge < -0.3 is 14.4 Å². The second-order valence-corrected chi connectivity index (χ2v) is 9.19. The average molecular weight is 436 g/mol. The Labute approximate surface area is 190 Å². The summed E-state index contributed by atoms with van der Waals surface area (Å²) in [5, 5.41) is 0. The molecular weight excluding hydrogens is 402 g/mol. The number of rotatable bonds is 8. The number of hydrogen-bond donors (Lipinski definition) is 0. The van der Waals surface area contributed by atoms with E-state index in [1.54, 1.807) is 7.11 Å². The van der Waals surface area contributed by atoms with Crippen LogP contribution in [0.15, 0.2) is 42.5 Å². The monoisotopic (exact) mass is 435 g/mol. The molecule has 0 bridgehead atoms. The van der Waals surface area contributed by atoms with E-state index in [1.807, 2.05) is 12.1 Å². The van der Waals surface area contributed by atoms with Gasteiger partial charge in [0.25, 0.3) is 0 Å². The van der Waals surface area contributed by atoms with Crippen molar-refractivity contribution in [3.8, 4) is 11.5 Å². The van der Waals surface area contributed by atoms with Crippen LogP contribution in [0.1, 0.15) is 29.5 Å². The van der Waals surface area contributed by atoms with Gasteiger partial charge in [0.05, 0.1) is 20.3 Å². The van der Waals surface area contributed by atoms with Crippen LogP contribution in [-0.2, 0) is 24.3 Å². The molecule has 2 aliphatic heterocycles. The van der Waals surface area contributed by atoms with Crippen molar-refractivity contribution in [1.82, 2.24) is 14.7 Å². The maximum Gasteiger partial charge on any atom is 0.237 e. The summed E-state index contributed by atoms with van der Waals surface area (Å²) in [4.78, 5) is 20.0. The summed E-state index contributed by atoms with van der Waals surface area (Å²) in [5.74, 6) is 2.16. The zero-order valence-electron chi connectivity index (χ0n) is 19.0. The quantitative estimate of drug-likeness (QED) is 0.638. The smallest absolute Gasteiger partial charge is 0.237 e. The standard InChI is InChI=1S/C26H33N3O3/c1-31-24-7-2-20(3-8-24)18-29(23-5-6-23)26(30)19-28-13-11-27(12-14-28)17-21-4-9-25-22(16-21)10-15-32-25/h2-4,7-9,16,23H,5-6,10-15,17-19H2,1H3. The van der Waals surface area contributed by atoms with Crippen LogP contribution in [0.4, 0.5) is 0 Å². The molecule has 170 valence electrons. The Morgan fingerprint density at radius 1 is 1.03 bits per heavy atom. The molecule has 5 rings (SSSR count). The minimum Gasteiger partial charge on any atom is -0.497 e. The van der Waals surface area contributed by atoms with Gasteiger partial charge in [-0.25, -0.2) is 0 Å². The van der Waals surface area contributed by atoms with E-state index >= 15 is 0 Å². The summed E-state index contributed by atoms with van der Waals surface area (Å²) in [6, 6.07) is 15.1. The fourth-order valence-electron chi connectivity index (χ4n) is 4.72. The zero-order valence-corrected chi connectivity index (χ0v) is 19.0. The van der Waals surface area contributed by atoms with E-state index in [4.69, 9.17) is 9.47 Å². The molecule has 1 aliphatic carbocycles. The molecule has 6 heteroatoms. The van der Waals surface area contributed by atoms with Crippen molar-refractivity contribution in [2.24, 2.45) is 0 Å². The summed E-state index contributed by atoms with van der Waals surface area (Å²) < 4.78 is 10.9. The van der Waals surface area contributed by atoms with E-state index in [2.05, 4.69) is 45.0 Å². The number of carbonyl (C=O) groups excluding carboxylic acids is 1. The highest BCUT2D eigenvalue weighted by atomic mass is 16.5.